The number of ether oxygens (including phenoxy) is 1. The third kappa shape index (κ3) is 4.54. The molecule has 2 N–H and O–H groups in total. The molecular weight excluding hydrogens is 214 g/mol. The Labute approximate surface area is 106 Å². The van der Waals surface area contributed by atoms with E-state index >= 15 is 0 Å². The lowest BCUT2D eigenvalue weighted by molar-refractivity contribution is 0.0286. The van der Waals surface area contributed by atoms with Crippen LogP contribution < -0.4 is 5.73 Å². The Bertz CT molecular complexity index is 201. The number of hydrogen-bond donors (Lipinski definition) is 1. The molecule has 1 aliphatic rings. The van der Waals surface area contributed by atoms with Crippen LogP contribution in [-0.2, 0) is 4.74 Å². The molecule has 0 aromatic carbocycles. The quantitative estimate of drug-likeness (QED) is 0.748. The molecule has 4 nitrogen and oxygen atoms in total. The second kappa shape index (κ2) is 7.31. The fourth-order valence-electron chi connectivity index (χ4n) is 2.53. The van der Waals surface area contributed by atoms with Crippen LogP contribution in [0.1, 0.15) is 27.2 Å². The standard InChI is InChI=1S/C13H29N3O/c1-5-17-13(8-14)6-7-16-9-11(2)15(4)12(3)10-16/h11-13H,5-10,14H2,1-4H3. The van der Waals surface area contributed by atoms with E-state index in [-0.39, 0.29) is 6.10 Å². The number of nitrogens with zero attached hydrogens (tertiary/aromatic N) is 2. The van der Waals surface area contributed by atoms with Crippen LogP contribution >= 0.6 is 0 Å². The molecule has 1 fully saturated rings. The highest BCUT2D eigenvalue weighted by Gasteiger charge is 2.26. The monoisotopic (exact) mass is 243 g/mol. The molecule has 1 heterocycles. The van der Waals surface area contributed by atoms with Gasteiger partial charge in [-0.1, -0.05) is 0 Å². The first kappa shape index (κ1) is 14.9. The minimum absolute atomic E-state index is 0.227. The van der Waals surface area contributed by atoms with E-state index in [0.717, 1.165) is 32.7 Å². The zero-order chi connectivity index (χ0) is 12.8. The molecule has 1 rings (SSSR count). The Morgan fingerprint density at radius 2 is 1.88 bits per heavy atom. The smallest absolute Gasteiger partial charge is 0.0709 e. The lowest BCUT2D eigenvalue weighted by Gasteiger charge is -2.42. The molecule has 0 bridgehead atoms. The summed E-state index contributed by atoms with van der Waals surface area (Å²) in [6.07, 6.45) is 1.28. The molecule has 1 aliphatic heterocycles. The minimum Gasteiger partial charge on any atom is -0.377 e. The summed E-state index contributed by atoms with van der Waals surface area (Å²) in [6, 6.07) is 1.28. The molecule has 3 atom stereocenters. The molecule has 0 aromatic heterocycles. The molecule has 0 aromatic rings. The lowest BCUT2D eigenvalue weighted by Crippen LogP contribution is -2.55. The van der Waals surface area contributed by atoms with Crippen molar-refractivity contribution in [3.63, 3.8) is 0 Å². The predicted molar refractivity (Wildman–Crippen MR) is 72.2 cm³/mol. The van der Waals surface area contributed by atoms with Crippen molar-refractivity contribution in [1.29, 1.82) is 0 Å². The van der Waals surface area contributed by atoms with Gasteiger partial charge in [-0.3, -0.25) is 4.90 Å². The predicted octanol–water partition coefficient (Wildman–Crippen LogP) is 0.765. The largest absolute Gasteiger partial charge is 0.377 e. The van der Waals surface area contributed by atoms with Gasteiger partial charge in [0, 0.05) is 44.9 Å². The molecule has 102 valence electrons. The molecule has 0 saturated carbocycles. The van der Waals surface area contributed by atoms with Gasteiger partial charge in [0.25, 0.3) is 0 Å². The third-order valence-electron chi connectivity index (χ3n) is 3.87. The van der Waals surface area contributed by atoms with E-state index in [0.29, 0.717) is 18.6 Å². The van der Waals surface area contributed by atoms with Crippen LogP contribution in [0.4, 0.5) is 0 Å². The highest BCUT2D eigenvalue weighted by Crippen LogP contribution is 2.14. The van der Waals surface area contributed by atoms with Crippen molar-refractivity contribution < 1.29 is 4.74 Å². The lowest BCUT2D eigenvalue weighted by atomic mass is 10.1. The van der Waals surface area contributed by atoms with Crippen LogP contribution in [0.2, 0.25) is 0 Å². The van der Waals surface area contributed by atoms with Crippen LogP contribution in [0.25, 0.3) is 0 Å². The molecule has 0 radical (unpaired) electrons. The molecule has 0 aliphatic carbocycles. The van der Waals surface area contributed by atoms with E-state index in [1.165, 1.54) is 0 Å². The summed E-state index contributed by atoms with van der Waals surface area (Å²) >= 11 is 0. The molecule has 4 heteroatoms. The van der Waals surface area contributed by atoms with Crippen molar-refractivity contribution in [2.24, 2.45) is 5.73 Å². The number of nitrogens with two attached hydrogens (primary N) is 1. The summed E-state index contributed by atoms with van der Waals surface area (Å²) in [6.45, 7) is 11.4. The fourth-order valence-corrected chi connectivity index (χ4v) is 2.53. The van der Waals surface area contributed by atoms with Gasteiger partial charge in [0.2, 0.25) is 0 Å². The molecule has 0 amide bonds. The first-order valence-corrected chi connectivity index (χ1v) is 6.84. The summed E-state index contributed by atoms with van der Waals surface area (Å²) in [7, 11) is 2.22. The van der Waals surface area contributed by atoms with Crippen molar-refractivity contribution in [2.75, 3.05) is 39.8 Å². The Hall–Kier alpha value is -0.160. The van der Waals surface area contributed by atoms with E-state index in [9.17, 15) is 0 Å². The van der Waals surface area contributed by atoms with Gasteiger partial charge in [-0.15, -0.1) is 0 Å². The zero-order valence-corrected chi connectivity index (χ0v) is 11.9. The van der Waals surface area contributed by atoms with Crippen LogP contribution in [-0.4, -0.2) is 67.8 Å². The first-order chi connectivity index (χ1) is 8.08. The number of rotatable bonds is 6. The van der Waals surface area contributed by atoms with Gasteiger partial charge in [-0.25, -0.2) is 0 Å². The van der Waals surface area contributed by atoms with Crippen LogP contribution in [0.15, 0.2) is 0 Å². The molecule has 0 spiro atoms. The number of likely N-dealkylation sites (N-methyl/N-ethyl adjacent to an activating group) is 1. The van der Waals surface area contributed by atoms with Crippen LogP contribution in [0, 0.1) is 0 Å². The maximum atomic E-state index is 5.70. The van der Waals surface area contributed by atoms with Gasteiger partial charge in [0.15, 0.2) is 0 Å². The third-order valence-corrected chi connectivity index (χ3v) is 3.87. The summed E-state index contributed by atoms with van der Waals surface area (Å²) in [5.74, 6) is 0. The highest BCUT2D eigenvalue weighted by atomic mass is 16.5. The molecule has 3 unspecified atom stereocenters. The second-order valence-corrected chi connectivity index (χ2v) is 5.22. The summed E-state index contributed by atoms with van der Waals surface area (Å²) < 4.78 is 5.59. The Balaban J connectivity index is 2.32. The molecular formula is C13H29N3O. The van der Waals surface area contributed by atoms with Gasteiger partial charge >= 0.3 is 0 Å². The number of hydrogen-bond acceptors (Lipinski definition) is 4. The van der Waals surface area contributed by atoms with E-state index in [1.807, 2.05) is 6.92 Å². The average molecular weight is 243 g/mol. The van der Waals surface area contributed by atoms with Crippen molar-refractivity contribution >= 4 is 0 Å². The second-order valence-electron chi connectivity index (χ2n) is 5.22. The van der Waals surface area contributed by atoms with E-state index < -0.39 is 0 Å². The Kier molecular flexibility index (Phi) is 6.41. The normalized spacial score (nSPS) is 29.5. The van der Waals surface area contributed by atoms with Gasteiger partial charge in [-0.2, -0.15) is 0 Å². The summed E-state index contributed by atoms with van der Waals surface area (Å²) in [5, 5.41) is 0. The summed E-state index contributed by atoms with van der Waals surface area (Å²) in [5.41, 5.74) is 5.70. The van der Waals surface area contributed by atoms with Crippen molar-refractivity contribution in [1.82, 2.24) is 9.80 Å². The van der Waals surface area contributed by atoms with Gasteiger partial charge in [0.1, 0.15) is 0 Å². The van der Waals surface area contributed by atoms with Crippen molar-refractivity contribution in [2.45, 2.75) is 45.4 Å². The zero-order valence-electron chi connectivity index (χ0n) is 11.9. The van der Waals surface area contributed by atoms with Crippen molar-refractivity contribution in [3.05, 3.63) is 0 Å². The molecule has 17 heavy (non-hydrogen) atoms. The van der Waals surface area contributed by atoms with E-state index in [1.54, 1.807) is 0 Å². The highest BCUT2D eigenvalue weighted by molar-refractivity contribution is 4.83. The van der Waals surface area contributed by atoms with Gasteiger partial charge in [0.05, 0.1) is 6.10 Å². The average Bonchev–Trinajstić information content (AvgIpc) is 2.31. The van der Waals surface area contributed by atoms with Crippen LogP contribution in [0.3, 0.4) is 0 Å². The number of piperazine rings is 1. The Morgan fingerprint density at radius 3 is 2.35 bits per heavy atom. The van der Waals surface area contributed by atoms with Crippen LogP contribution in [0.5, 0.6) is 0 Å². The minimum atomic E-state index is 0.227. The maximum Gasteiger partial charge on any atom is 0.0709 e. The topological polar surface area (TPSA) is 41.7 Å². The molecule has 1 saturated heterocycles. The first-order valence-electron chi connectivity index (χ1n) is 6.84. The Morgan fingerprint density at radius 1 is 1.29 bits per heavy atom. The fraction of sp³-hybridized carbons (Fsp3) is 1.00. The van der Waals surface area contributed by atoms with E-state index in [4.69, 9.17) is 10.5 Å². The van der Waals surface area contributed by atoms with Gasteiger partial charge in [-0.05, 0) is 34.2 Å². The van der Waals surface area contributed by atoms with E-state index in [2.05, 4.69) is 30.7 Å². The van der Waals surface area contributed by atoms with Gasteiger partial charge < -0.3 is 15.4 Å². The maximum absolute atomic E-state index is 5.70. The van der Waals surface area contributed by atoms with Crippen molar-refractivity contribution in [3.8, 4) is 0 Å². The summed E-state index contributed by atoms with van der Waals surface area (Å²) in [4.78, 5) is 5.00. The SMILES string of the molecule is CCOC(CN)CCN1CC(C)N(C)C(C)C1.